The van der Waals surface area contributed by atoms with Crippen molar-refractivity contribution >= 4 is 0 Å². The van der Waals surface area contributed by atoms with E-state index in [4.69, 9.17) is 0 Å². The Morgan fingerprint density at radius 2 is 1.32 bits per heavy atom. The van der Waals surface area contributed by atoms with E-state index in [0.717, 1.165) is 36.3 Å². The maximum Gasteiger partial charge on any atom is 0.0146 e. The molecule has 2 N–H and O–H groups in total. The normalized spacial score (nSPS) is 24.3. The highest BCUT2D eigenvalue weighted by Crippen LogP contribution is 2.24. The molecule has 0 amide bonds. The van der Waals surface area contributed by atoms with E-state index >= 15 is 0 Å². The number of rotatable bonds is 3. The van der Waals surface area contributed by atoms with Crippen LogP contribution in [0.15, 0.2) is 12.3 Å². The van der Waals surface area contributed by atoms with Crippen LogP contribution in [0.25, 0.3) is 0 Å². The van der Waals surface area contributed by atoms with Gasteiger partial charge in [0.1, 0.15) is 0 Å². The molecule has 0 radical (unpaired) electrons. The van der Waals surface area contributed by atoms with E-state index in [2.05, 4.69) is 63.7 Å². The van der Waals surface area contributed by atoms with E-state index in [1.54, 1.807) is 0 Å². The van der Waals surface area contributed by atoms with Gasteiger partial charge in [-0.3, -0.25) is 0 Å². The Balaban J connectivity index is 0.000000210. The molecule has 0 aliphatic carbocycles. The summed E-state index contributed by atoms with van der Waals surface area (Å²) in [5.74, 6) is 3.57. The first kappa shape index (κ1) is 25.5. The first-order valence-corrected chi connectivity index (χ1v) is 12.2. The number of hydrogen-bond donors (Lipinski definition) is 2. The minimum absolute atomic E-state index is 0.769. The molecule has 1 atom stereocenters. The molecule has 0 aromatic carbocycles. The van der Waals surface area contributed by atoms with E-state index in [1.165, 1.54) is 76.8 Å². The Morgan fingerprint density at radius 1 is 0.786 bits per heavy atom. The van der Waals surface area contributed by atoms with Crippen LogP contribution in [0.4, 0.5) is 0 Å². The van der Waals surface area contributed by atoms with Gasteiger partial charge in [0, 0.05) is 18.3 Å². The summed E-state index contributed by atoms with van der Waals surface area (Å²) in [6.07, 6.45) is 9.54. The molecule has 3 aliphatic rings. The number of allylic oxidation sites excluding steroid dienone is 1. The molecule has 3 heterocycles. The Labute approximate surface area is 177 Å². The topological polar surface area (TPSA) is 27.3 Å². The summed E-state index contributed by atoms with van der Waals surface area (Å²) in [6, 6.07) is 0.769. The van der Waals surface area contributed by atoms with Gasteiger partial charge in [0.15, 0.2) is 0 Å². The van der Waals surface area contributed by atoms with Gasteiger partial charge in [0.05, 0.1) is 0 Å². The molecule has 0 aromatic rings. The van der Waals surface area contributed by atoms with Crippen LogP contribution in [0.5, 0.6) is 0 Å². The Kier molecular flexibility index (Phi) is 13.2. The summed E-state index contributed by atoms with van der Waals surface area (Å²) in [5.41, 5.74) is 1.23. The molecule has 3 fully saturated rings. The van der Waals surface area contributed by atoms with Gasteiger partial charge in [-0.05, 0) is 102 Å². The number of piperidine rings is 3. The van der Waals surface area contributed by atoms with Gasteiger partial charge < -0.3 is 15.5 Å². The van der Waals surface area contributed by atoms with E-state index in [9.17, 15) is 0 Å². The lowest BCUT2D eigenvalue weighted by Gasteiger charge is -2.29. The monoisotopic (exact) mass is 393 g/mol. The summed E-state index contributed by atoms with van der Waals surface area (Å²) >= 11 is 0. The second-order valence-electron chi connectivity index (χ2n) is 10.0. The number of nitrogens with one attached hydrogen (secondary N) is 2. The largest absolute Gasteiger partial charge is 0.389 e. The lowest BCUT2D eigenvalue weighted by molar-refractivity contribution is 0.185. The Hall–Kier alpha value is -0.540. The molecule has 166 valence electrons. The molecular formula is C25H51N3. The molecule has 0 bridgehead atoms. The van der Waals surface area contributed by atoms with Crippen molar-refractivity contribution in [2.45, 2.75) is 92.5 Å². The van der Waals surface area contributed by atoms with Crippen LogP contribution in [0.1, 0.15) is 86.5 Å². The molecule has 0 saturated carbocycles. The van der Waals surface area contributed by atoms with Gasteiger partial charge in [-0.15, -0.1) is 0 Å². The van der Waals surface area contributed by atoms with Crippen molar-refractivity contribution in [3.05, 3.63) is 12.3 Å². The van der Waals surface area contributed by atoms with Crippen LogP contribution in [-0.2, 0) is 0 Å². The zero-order chi connectivity index (χ0) is 20.9. The fourth-order valence-electron chi connectivity index (χ4n) is 4.44. The second kappa shape index (κ2) is 14.4. The van der Waals surface area contributed by atoms with Gasteiger partial charge in [0.2, 0.25) is 0 Å². The maximum absolute atomic E-state index is 3.94. The van der Waals surface area contributed by atoms with Crippen molar-refractivity contribution in [1.29, 1.82) is 0 Å². The minimum atomic E-state index is 0.769. The fraction of sp³-hybridized carbons (Fsp3) is 0.920. The average Bonchev–Trinajstić information content (AvgIpc) is 2.70. The van der Waals surface area contributed by atoms with Crippen LogP contribution < -0.4 is 10.6 Å². The lowest BCUT2D eigenvalue weighted by atomic mass is 9.86. The van der Waals surface area contributed by atoms with Crippen molar-refractivity contribution in [2.24, 2.45) is 23.7 Å². The predicted octanol–water partition coefficient (Wildman–Crippen LogP) is 5.68. The molecule has 0 aromatic heterocycles. The number of likely N-dealkylation sites (tertiary alicyclic amines) is 1. The quantitative estimate of drug-likeness (QED) is 0.646. The van der Waals surface area contributed by atoms with Crippen LogP contribution in [0.2, 0.25) is 0 Å². The van der Waals surface area contributed by atoms with Crippen LogP contribution in [0, 0.1) is 23.7 Å². The van der Waals surface area contributed by atoms with Gasteiger partial charge in [0.25, 0.3) is 0 Å². The molecule has 3 nitrogen and oxygen atoms in total. The van der Waals surface area contributed by atoms with Crippen LogP contribution in [0.3, 0.4) is 0 Å². The second-order valence-corrected chi connectivity index (χ2v) is 10.0. The van der Waals surface area contributed by atoms with Crippen molar-refractivity contribution in [1.82, 2.24) is 15.5 Å². The van der Waals surface area contributed by atoms with E-state index < -0.39 is 0 Å². The first-order chi connectivity index (χ1) is 13.3. The van der Waals surface area contributed by atoms with E-state index in [0.29, 0.717) is 0 Å². The summed E-state index contributed by atoms with van der Waals surface area (Å²) in [5, 5.41) is 6.64. The highest BCUT2D eigenvalue weighted by molar-refractivity contribution is 4.97. The molecule has 3 saturated heterocycles. The number of nitrogens with zero attached hydrogens (tertiary/aromatic N) is 1. The third kappa shape index (κ3) is 10.9. The molecule has 3 heteroatoms. The van der Waals surface area contributed by atoms with Gasteiger partial charge in [-0.2, -0.15) is 0 Å². The number of hydrogen-bond acceptors (Lipinski definition) is 3. The molecule has 28 heavy (non-hydrogen) atoms. The predicted molar refractivity (Wildman–Crippen MR) is 126 cm³/mol. The van der Waals surface area contributed by atoms with Crippen molar-refractivity contribution in [2.75, 3.05) is 32.7 Å². The summed E-state index contributed by atoms with van der Waals surface area (Å²) in [6.45, 7) is 24.0. The smallest absolute Gasteiger partial charge is 0.0146 e. The first-order valence-electron chi connectivity index (χ1n) is 12.2. The van der Waals surface area contributed by atoms with Crippen LogP contribution >= 0.6 is 0 Å². The lowest BCUT2D eigenvalue weighted by Crippen LogP contribution is -2.35. The van der Waals surface area contributed by atoms with Gasteiger partial charge >= 0.3 is 0 Å². The molecule has 3 rings (SSSR count). The SMILES string of the molecule is C=C1CC(C(C)C)CCN1.CC(C)C1CCNCC1.CC(C)N1CCCCC1. The summed E-state index contributed by atoms with van der Waals surface area (Å²) < 4.78 is 0. The van der Waals surface area contributed by atoms with Crippen LogP contribution in [-0.4, -0.2) is 43.7 Å². The maximum atomic E-state index is 3.94. The average molecular weight is 394 g/mol. The summed E-state index contributed by atoms with van der Waals surface area (Å²) in [4.78, 5) is 2.56. The fourth-order valence-corrected chi connectivity index (χ4v) is 4.44. The molecular weight excluding hydrogens is 342 g/mol. The standard InChI is InChI=1S/C9H17N.2C8H17N/c1-7(2)9-4-5-10-8(3)6-9;1-7(2)8-3-5-9-6-4-8;1-8(2)9-6-4-3-5-7-9/h7,9-10H,3-6H2,1-2H3;7-9H,3-6H2,1-2H3;8H,3-7H2,1-2H3. The summed E-state index contributed by atoms with van der Waals surface area (Å²) in [7, 11) is 0. The molecule has 3 aliphatic heterocycles. The van der Waals surface area contributed by atoms with Crippen molar-refractivity contribution < 1.29 is 0 Å². The zero-order valence-electron chi connectivity index (χ0n) is 20.0. The van der Waals surface area contributed by atoms with E-state index in [-0.39, 0.29) is 0 Å². The van der Waals surface area contributed by atoms with Crippen molar-refractivity contribution in [3.8, 4) is 0 Å². The minimum Gasteiger partial charge on any atom is -0.389 e. The highest BCUT2D eigenvalue weighted by atomic mass is 15.1. The molecule has 1 unspecified atom stereocenters. The van der Waals surface area contributed by atoms with Gasteiger partial charge in [-0.25, -0.2) is 0 Å². The van der Waals surface area contributed by atoms with Crippen molar-refractivity contribution in [3.63, 3.8) is 0 Å². The third-order valence-electron chi connectivity index (χ3n) is 6.79. The Bertz CT molecular complexity index is 369. The molecule has 0 spiro atoms. The van der Waals surface area contributed by atoms with Gasteiger partial charge in [-0.1, -0.05) is 40.7 Å². The Morgan fingerprint density at radius 3 is 1.68 bits per heavy atom. The third-order valence-corrected chi connectivity index (χ3v) is 6.79. The van der Waals surface area contributed by atoms with E-state index in [1.807, 2.05) is 0 Å². The zero-order valence-corrected chi connectivity index (χ0v) is 20.0. The highest BCUT2D eigenvalue weighted by Gasteiger charge is 2.18.